The molecule has 0 fully saturated rings. The topological polar surface area (TPSA) is 9.23 Å². The summed E-state index contributed by atoms with van der Waals surface area (Å²) in [4.78, 5) is 0. The van der Waals surface area contributed by atoms with Crippen molar-refractivity contribution in [2.75, 3.05) is 0 Å². The maximum Gasteiger partial charge on any atom is 0.166 e. The summed E-state index contributed by atoms with van der Waals surface area (Å²) in [5, 5.41) is 0. The molecule has 1 nitrogen and oxygen atoms in total. The first-order chi connectivity index (χ1) is 5.67. The molecule has 0 atom stereocenters. The summed E-state index contributed by atoms with van der Waals surface area (Å²) in [5.41, 5.74) is 1.37. The lowest BCUT2D eigenvalue weighted by Gasteiger charge is -2.32. The first-order valence-electron chi connectivity index (χ1n) is 4.44. The minimum Gasteiger partial charge on any atom is -0.489 e. The van der Waals surface area contributed by atoms with Crippen molar-refractivity contribution < 1.29 is 4.74 Å². The molecule has 0 spiro atoms. The van der Waals surface area contributed by atoms with Crippen molar-refractivity contribution in [1.29, 1.82) is 0 Å². The fraction of sp³-hybridized carbons (Fsp3) is 0.400. The van der Waals surface area contributed by atoms with Gasteiger partial charge in [0.1, 0.15) is 5.75 Å². The molecule has 0 saturated heterocycles. The average molecular weight is 160 g/mol. The SMILES string of the molecule is CC1(C)CBc2ccccc2O1. The largest absolute Gasteiger partial charge is 0.489 e. The van der Waals surface area contributed by atoms with E-state index in [-0.39, 0.29) is 5.60 Å². The first kappa shape index (κ1) is 7.72. The van der Waals surface area contributed by atoms with Gasteiger partial charge < -0.3 is 4.74 Å². The molecule has 0 aliphatic carbocycles. The van der Waals surface area contributed by atoms with Crippen LogP contribution in [0.4, 0.5) is 0 Å². The van der Waals surface area contributed by atoms with Crippen molar-refractivity contribution in [2.24, 2.45) is 0 Å². The molecule has 0 aromatic heterocycles. The van der Waals surface area contributed by atoms with E-state index in [0.29, 0.717) is 0 Å². The number of para-hydroxylation sites is 1. The Labute approximate surface area is 74.0 Å². The van der Waals surface area contributed by atoms with Crippen LogP contribution in [-0.2, 0) is 0 Å². The number of hydrogen-bond acceptors (Lipinski definition) is 1. The molecule has 1 aromatic rings. The van der Waals surface area contributed by atoms with Crippen LogP contribution in [0.3, 0.4) is 0 Å². The molecule has 1 aromatic carbocycles. The third-order valence-corrected chi connectivity index (χ3v) is 2.36. The molecule has 2 rings (SSSR count). The van der Waals surface area contributed by atoms with Crippen molar-refractivity contribution in [3.8, 4) is 5.75 Å². The monoisotopic (exact) mass is 160 g/mol. The highest BCUT2D eigenvalue weighted by Gasteiger charge is 2.26. The fourth-order valence-corrected chi connectivity index (χ4v) is 1.59. The second-order valence-electron chi connectivity index (χ2n) is 3.97. The van der Waals surface area contributed by atoms with Crippen molar-refractivity contribution in [2.45, 2.75) is 25.8 Å². The zero-order valence-electron chi connectivity index (χ0n) is 7.63. The Morgan fingerprint density at radius 3 is 2.92 bits per heavy atom. The van der Waals surface area contributed by atoms with Gasteiger partial charge in [-0.1, -0.05) is 18.2 Å². The van der Waals surface area contributed by atoms with Crippen molar-refractivity contribution >= 4 is 12.7 Å². The number of fused-ring (bicyclic) bond motifs is 1. The lowest BCUT2D eigenvalue weighted by Crippen LogP contribution is -2.39. The van der Waals surface area contributed by atoms with Gasteiger partial charge in [-0.15, -0.1) is 0 Å². The third kappa shape index (κ3) is 1.34. The highest BCUT2D eigenvalue weighted by Crippen LogP contribution is 2.23. The van der Waals surface area contributed by atoms with Crippen molar-refractivity contribution in [1.82, 2.24) is 0 Å². The second kappa shape index (κ2) is 2.54. The minimum absolute atomic E-state index is 0.0222. The lowest BCUT2D eigenvalue weighted by molar-refractivity contribution is 0.128. The van der Waals surface area contributed by atoms with Gasteiger partial charge in [-0.25, -0.2) is 0 Å². The Balaban J connectivity index is 2.35. The van der Waals surface area contributed by atoms with Gasteiger partial charge in [0, 0.05) is 0 Å². The van der Waals surface area contributed by atoms with Gasteiger partial charge in [0.25, 0.3) is 0 Å². The zero-order chi connectivity index (χ0) is 8.60. The van der Waals surface area contributed by atoms with Crippen molar-refractivity contribution in [3.63, 3.8) is 0 Å². The van der Waals surface area contributed by atoms with Crippen LogP contribution in [-0.4, -0.2) is 12.9 Å². The molecule has 62 valence electrons. The molecule has 0 bridgehead atoms. The van der Waals surface area contributed by atoms with Crippen LogP contribution in [0, 0.1) is 0 Å². The van der Waals surface area contributed by atoms with E-state index in [0.717, 1.165) is 19.3 Å². The average Bonchev–Trinajstić information content (AvgIpc) is 2.02. The Morgan fingerprint density at radius 2 is 2.08 bits per heavy atom. The van der Waals surface area contributed by atoms with Crippen LogP contribution >= 0.6 is 0 Å². The summed E-state index contributed by atoms with van der Waals surface area (Å²) < 4.78 is 5.82. The van der Waals surface area contributed by atoms with E-state index in [1.807, 2.05) is 6.07 Å². The number of hydrogen-bond donors (Lipinski definition) is 0. The van der Waals surface area contributed by atoms with Crippen molar-refractivity contribution in [3.05, 3.63) is 24.3 Å². The van der Waals surface area contributed by atoms with Gasteiger partial charge >= 0.3 is 0 Å². The summed E-state index contributed by atoms with van der Waals surface area (Å²) in [6, 6.07) is 8.29. The van der Waals surface area contributed by atoms with Crippen LogP contribution in [0.15, 0.2) is 24.3 Å². The Morgan fingerprint density at radius 1 is 1.33 bits per heavy atom. The molecule has 0 radical (unpaired) electrons. The van der Waals surface area contributed by atoms with E-state index in [1.165, 1.54) is 5.46 Å². The van der Waals surface area contributed by atoms with E-state index in [1.54, 1.807) is 0 Å². The molecule has 1 aliphatic heterocycles. The number of benzene rings is 1. The minimum atomic E-state index is 0.0222. The van der Waals surface area contributed by atoms with Crippen LogP contribution in [0.5, 0.6) is 5.75 Å². The molecular formula is C10H13BO. The van der Waals surface area contributed by atoms with Crippen LogP contribution in [0.25, 0.3) is 0 Å². The number of rotatable bonds is 0. The first-order valence-corrected chi connectivity index (χ1v) is 4.44. The maximum absolute atomic E-state index is 5.82. The van der Waals surface area contributed by atoms with E-state index in [9.17, 15) is 0 Å². The summed E-state index contributed by atoms with van der Waals surface area (Å²) in [6.45, 7) is 4.28. The van der Waals surface area contributed by atoms with E-state index in [2.05, 4.69) is 32.0 Å². The quantitative estimate of drug-likeness (QED) is 0.520. The highest BCUT2D eigenvalue weighted by molar-refractivity contribution is 6.55. The van der Waals surface area contributed by atoms with Gasteiger partial charge in [-0.2, -0.15) is 0 Å². The highest BCUT2D eigenvalue weighted by atomic mass is 16.5. The molecule has 2 heteroatoms. The Kier molecular flexibility index (Phi) is 1.64. The zero-order valence-corrected chi connectivity index (χ0v) is 7.63. The van der Waals surface area contributed by atoms with Crippen LogP contribution in [0.1, 0.15) is 13.8 Å². The van der Waals surface area contributed by atoms with Gasteiger partial charge in [0.2, 0.25) is 0 Å². The van der Waals surface area contributed by atoms with Gasteiger partial charge in [-0.05, 0) is 31.7 Å². The van der Waals surface area contributed by atoms with Crippen LogP contribution < -0.4 is 10.2 Å². The smallest absolute Gasteiger partial charge is 0.166 e. The van der Waals surface area contributed by atoms with E-state index in [4.69, 9.17) is 4.74 Å². The summed E-state index contributed by atoms with van der Waals surface area (Å²) >= 11 is 0. The predicted molar refractivity (Wildman–Crippen MR) is 52.7 cm³/mol. The normalized spacial score (nSPS) is 18.8. The summed E-state index contributed by atoms with van der Waals surface area (Å²) in [6.07, 6.45) is 1.12. The van der Waals surface area contributed by atoms with Gasteiger partial charge in [-0.3, -0.25) is 0 Å². The lowest BCUT2D eigenvalue weighted by atomic mass is 9.61. The van der Waals surface area contributed by atoms with E-state index < -0.39 is 0 Å². The molecule has 0 amide bonds. The molecule has 1 aliphatic rings. The predicted octanol–water partition coefficient (Wildman–Crippen LogP) is 1.34. The fourth-order valence-electron chi connectivity index (χ4n) is 1.59. The van der Waals surface area contributed by atoms with E-state index >= 15 is 0 Å². The molecule has 12 heavy (non-hydrogen) atoms. The molecule has 0 unspecified atom stereocenters. The second-order valence-corrected chi connectivity index (χ2v) is 3.97. The third-order valence-electron chi connectivity index (χ3n) is 2.36. The molecule has 1 heterocycles. The maximum atomic E-state index is 5.82. The molecular weight excluding hydrogens is 147 g/mol. The number of ether oxygens (including phenoxy) is 1. The Hall–Kier alpha value is -0.915. The molecule has 0 N–H and O–H groups in total. The molecule has 0 saturated carbocycles. The van der Waals surface area contributed by atoms with Gasteiger partial charge in [0.05, 0.1) is 5.60 Å². The summed E-state index contributed by atoms with van der Waals surface area (Å²) in [5.74, 6) is 1.06. The summed E-state index contributed by atoms with van der Waals surface area (Å²) in [7, 11) is 1.14. The van der Waals surface area contributed by atoms with Gasteiger partial charge in [0.15, 0.2) is 7.28 Å². The standard InChI is InChI=1S/C10H13BO/c1-10(2)7-11-8-5-3-4-6-9(8)12-10/h3-6,11H,7H2,1-2H3. The van der Waals surface area contributed by atoms with Crippen LogP contribution in [0.2, 0.25) is 6.32 Å². The Bertz CT molecular complexity index is 294.